The quantitative estimate of drug-likeness (QED) is 0.691. The molecule has 1 aromatic heterocycles. The lowest BCUT2D eigenvalue weighted by molar-refractivity contribution is -0.116. The first kappa shape index (κ1) is 17.6. The van der Waals surface area contributed by atoms with Crippen molar-refractivity contribution in [3.05, 3.63) is 42.6 Å². The van der Waals surface area contributed by atoms with Gasteiger partial charge in [-0.1, -0.05) is 6.92 Å². The van der Waals surface area contributed by atoms with E-state index in [1.807, 2.05) is 43.3 Å². The SMILES string of the molecule is CCCC(=O)Nc1ccc(NCCOc2ccc(OC)cc2)nc1. The number of anilines is 2. The zero-order valence-electron chi connectivity index (χ0n) is 14.0. The van der Waals surface area contributed by atoms with E-state index in [0.29, 0.717) is 25.3 Å². The molecule has 128 valence electrons. The van der Waals surface area contributed by atoms with Crippen LogP contribution >= 0.6 is 0 Å². The smallest absolute Gasteiger partial charge is 0.224 e. The topological polar surface area (TPSA) is 72.5 Å². The number of nitrogens with one attached hydrogen (secondary N) is 2. The highest BCUT2D eigenvalue weighted by Gasteiger charge is 2.01. The van der Waals surface area contributed by atoms with E-state index in [1.165, 1.54) is 0 Å². The van der Waals surface area contributed by atoms with E-state index in [0.717, 1.165) is 23.7 Å². The Hall–Kier alpha value is -2.76. The molecule has 2 rings (SSSR count). The standard InChI is InChI=1S/C18H23N3O3/c1-3-4-18(22)21-14-5-10-17(20-13-14)19-11-12-24-16-8-6-15(23-2)7-9-16/h5-10,13H,3-4,11-12H2,1-2H3,(H,19,20)(H,21,22). The minimum absolute atomic E-state index is 0.00732. The van der Waals surface area contributed by atoms with Gasteiger partial charge in [0.15, 0.2) is 0 Å². The van der Waals surface area contributed by atoms with Crippen molar-refractivity contribution in [2.45, 2.75) is 19.8 Å². The Morgan fingerprint density at radius 2 is 1.88 bits per heavy atom. The summed E-state index contributed by atoms with van der Waals surface area (Å²) in [6, 6.07) is 11.1. The Morgan fingerprint density at radius 1 is 1.12 bits per heavy atom. The van der Waals surface area contributed by atoms with Crippen molar-refractivity contribution in [2.75, 3.05) is 30.9 Å². The normalized spacial score (nSPS) is 10.1. The zero-order valence-corrected chi connectivity index (χ0v) is 14.0. The van der Waals surface area contributed by atoms with Crippen LogP contribution in [0.15, 0.2) is 42.6 Å². The Bertz CT molecular complexity index is 627. The molecule has 0 atom stereocenters. The summed E-state index contributed by atoms with van der Waals surface area (Å²) >= 11 is 0. The lowest BCUT2D eigenvalue weighted by Gasteiger charge is -2.09. The summed E-state index contributed by atoms with van der Waals surface area (Å²) in [7, 11) is 1.63. The Kier molecular flexibility index (Phi) is 6.89. The average molecular weight is 329 g/mol. The molecule has 1 heterocycles. The lowest BCUT2D eigenvalue weighted by atomic mass is 10.3. The van der Waals surface area contributed by atoms with Gasteiger partial charge in [-0.2, -0.15) is 0 Å². The van der Waals surface area contributed by atoms with E-state index in [4.69, 9.17) is 9.47 Å². The minimum atomic E-state index is 0.00732. The van der Waals surface area contributed by atoms with Crippen LogP contribution in [-0.4, -0.2) is 31.2 Å². The van der Waals surface area contributed by atoms with Gasteiger partial charge in [-0.25, -0.2) is 4.98 Å². The number of rotatable bonds is 9. The van der Waals surface area contributed by atoms with E-state index in [9.17, 15) is 4.79 Å². The van der Waals surface area contributed by atoms with Crippen LogP contribution in [0.5, 0.6) is 11.5 Å². The minimum Gasteiger partial charge on any atom is -0.497 e. The van der Waals surface area contributed by atoms with Crippen molar-refractivity contribution in [1.29, 1.82) is 0 Å². The molecule has 0 spiro atoms. The largest absolute Gasteiger partial charge is 0.497 e. The maximum absolute atomic E-state index is 11.5. The molecule has 0 saturated heterocycles. The Morgan fingerprint density at radius 3 is 2.50 bits per heavy atom. The first-order valence-electron chi connectivity index (χ1n) is 7.98. The molecule has 1 amide bonds. The van der Waals surface area contributed by atoms with Crippen LogP contribution in [0.25, 0.3) is 0 Å². The van der Waals surface area contributed by atoms with Crippen molar-refractivity contribution >= 4 is 17.4 Å². The third kappa shape index (κ3) is 5.79. The highest BCUT2D eigenvalue weighted by Crippen LogP contribution is 2.17. The van der Waals surface area contributed by atoms with Crippen LogP contribution in [0.4, 0.5) is 11.5 Å². The molecular formula is C18H23N3O3. The molecule has 2 aromatic rings. The van der Waals surface area contributed by atoms with Gasteiger partial charge < -0.3 is 20.1 Å². The number of amides is 1. The van der Waals surface area contributed by atoms with Crippen LogP contribution in [0, 0.1) is 0 Å². The van der Waals surface area contributed by atoms with E-state index in [1.54, 1.807) is 13.3 Å². The van der Waals surface area contributed by atoms with Crippen molar-refractivity contribution in [2.24, 2.45) is 0 Å². The number of aromatic nitrogens is 1. The molecule has 24 heavy (non-hydrogen) atoms. The van der Waals surface area contributed by atoms with Crippen molar-refractivity contribution in [1.82, 2.24) is 4.98 Å². The highest BCUT2D eigenvalue weighted by atomic mass is 16.5. The number of carbonyl (C=O) groups is 1. The van der Waals surface area contributed by atoms with Gasteiger partial charge in [0.2, 0.25) is 5.91 Å². The molecule has 0 bridgehead atoms. The molecule has 6 heteroatoms. The Balaban J connectivity index is 1.71. The fourth-order valence-corrected chi connectivity index (χ4v) is 2.04. The van der Waals surface area contributed by atoms with Crippen LogP contribution in [0.1, 0.15) is 19.8 Å². The number of pyridine rings is 1. The van der Waals surface area contributed by atoms with Crippen LogP contribution in [0.3, 0.4) is 0 Å². The van der Waals surface area contributed by atoms with Gasteiger partial charge >= 0.3 is 0 Å². The number of hydrogen-bond acceptors (Lipinski definition) is 5. The number of methoxy groups -OCH3 is 1. The summed E-state index contributed by atoms with van der Waals surface area (Å²) in [4.78, 5) is 15.8. The molecule has 0 radical (unpaired) electrons. The third-order valence-electron chi connectivity index (χ3n) is 3.26. The molecule has 0 saturated carbocycles. The molecule has 1 aromatic carbocycles. The van der Waals surface area contributed by atoms with Gasteiger partial charge in [0, 0.05) is 6.42 Å². The summed E-state index contributed by atoms with van der Waals surface area (Å²) in [6.07, 6.45) is 2.98. The number of ether oxygens (including phenoxy) is 2. The number of carbonyl (C=O) groups excluding carboxylic acids is 1. The fourth-order valence-electron chi connectivity index (χ4n) is 2.04. The predicted molar refractivity (Wildman–Crippen MR) is 94.8 cm³/mol. The molecule has 0 aliphatic carbocycles. The van der Waals surface area contributed by atoms with Gasteiger partial charge in [0.25, 0.3) is 0 Å². The molecule has 2 N–H and O–H groups in total. The molecule has 0 aliphatic heterocycles. The van der Waals surface area contributed by atoms with E-state index < -0.39 is 0 Å². The van der Waals surface area contributed by atoms with Gasteiger partial charge in [-0.3, -0.25) is 4.79 Å². The second kappa shape index (κ2) is 9.39. The van der Waals surface area contributed by atoms with Crippen molar-refractivity contribution in [3.8, 4) is 11.5 Å². The van der Waals surface area contributed by atoms with Gasteiger partial charge in [-0.05, 0) is 42.8 Å². The lowest BCUT2D eigenvalue weighted by Crippen LogP contribution is -2.13. The number of hydrogen-bond donors (Lipinski definition) is 2. The second-order valence-electron chi connectivity index (χ2n) is 5.18. The number of nitrogens with zero attached hydrogens (tertiary/aromatic N) is 1. The van der Waals surface area contributed by atoms with E-state index in [-0.39, 0.29) is 5.91 Å². The van der Waals surface area contributed by atoms with Crippen molar-refractivity contribution < 1.29 is 14.3 Å². The Labute approximate surface area is 142 Å². The van der Waals surface area contributed by atoms with Crippen molar-refractivity contribution in [3.63, 3.8) is 0 Å². The molecule has 0 fully saturated rings. The average Bonchev–Trinajstić information content (AvgIpc) is 2.61. The van der Waals surface area contributed by atoms with Crippen LogP contribution in [0.2, 0.25) is 0 Å². The molecule has 0 unspecified atom stereocenters. The predicted octanol–water partition coefficient (Wildman–Crippen LogP) is 3.32. The molecular weight excluding hydrogens is 306 g/mol. The van der Waals surface area contributed by atoms with Gasteiger partial charge in [-0.15, -0.1) is 0 Å². The molecule has 0 aliphatic rings. The first-order chi connectivity index (χ1) is 11.7. The fraction of sp³-hybridized carbons (Fsp3) is 0.333. The summed E-state index contributed by atoms with van der Waals surface area (Å²) in [5.74, 6) is 2.34. The summed E-state index contributed by atoms with van der Waals surface area (Å²) in [6.45, 7) is 3.11. The first-order valence-corrected chi connectivity index (χ1v) is 7.98. The maximum Gasteiger partial charge on any atom is 0.224 e. The summed E-state index contributed by atoms with van der Waals surface area (Å²) in [5.41, 5.74) is 0.702. The highest BCUT2D eigenvalue weighted by molar-refractivity contribution is 5.90. The zero-order chi connectivity index (χ0) is 17.2. The summed E-state index contributed by atoms with van der Waals surface area (Å²) in [5, 5.41) is 5.97. The monoisotopic (exact) mass is 329 g/mol. The van der Waals surface area contributed by atoms with Gasteiger partial charge in [0.1, 0.15) is 23.9 Å². The summed E-state index contributed by atoms with van der Waals surface area (Å²) < 4.78 is 10.7. The molecule has 6 nitrogen and oxygen atoms in total. The third-order valence-corrected chi connectivity index (χ3v) is 3.26. The van der Waals surface area contributed by atoms with Gasteiger partial charge in [0.05, 0.1) is 25.5 Å². The van der Waals surface area contributed by atoms with E-state index in [2.05, 4.69) is 15.6 Å². The number of benzene rings is 1. The van der Waals surface area contributed by atoms with Crippen LogP contribution < -0.4 is 20.1 Å². The van der Waals surface area contributed by atoms with Crippen LogP contribution in [-0.2, 0) is 4.79 Å². The second-order valence-corrected chi connectivity index (χ2v) is 5.18. The maximum atomic E-state index is 11.5. The van der Waals surface area contributed by atoms with E-state index >= 15 is 0 Å².